The van der Waals surface area contributed by atoms with Gasteiger partial charge >= 0.3 is 0 Å². The Morgan fingerprint density at radius 3 is 2.93 bits per heavy atom. The highest BCUT2D eigenvalue weighted by molar-refractivity contribution is 7.99. The fourth-order valence-corrected chi connectivity index (χ4v) is 5.76. The van der Waals surface area contributed by atoms with Crippen LogP contribution in [0.25, 0.3) is 10.7 Å². The summed E-state index contributed by atoms with van der Waals surface area (Å²) in [5.41, 5.74) is 2.46. The van der Waals surface area contributed by atoms with Crippen molar-refractivity contribution in [1.29, 1.82) is 0 Å². The predicted octanol–water partition coefficient (Wildman–Crippen LogP) is 5.00. The van der Waals surface area contributed by atoms with Crippen LogP contribution in [0.5, 0.6) is 0 Å². The molecule has 3 aromatic heterocycles. The molecular weight excluding hydrogens is 388 g/mol. The first kappa shape index (κ1) is 19.5. The van der Waals surface area contributed by atoms with Gasteiger partial charge in [-0.3, -0.25) is 4.79 Å². The molecule has 28 heavy (non-hydrogen) atoms. The molecule has 0 spiro atoms. The van der Waals surface area contributed by atoms with Crippen molar-refractivity contribution < 1.29 is 4.79 Å². The molecule has 148 valence electrons. The van der Waals surface area contributed by atoms with E-state index in [1.165, 1.54) is 33.5 Å². The molecule has 4 rings (SSSR count). The number of fused-ring (bicyclic) bond motifs is 1. The molecule has 3 heterocycles. The van der Waals surface area contributed by atoms with Gasteiger partial charge in [0.15, 0.2) is 16.8 Å². The summed E-state index contributed by atoms with van der Waals surface area (Å²) in [7, 11) is 1.98. The van der Waals surface area contributed by atoms with Crippen LogP contribution in [0.1, 0.15) is 48.1 Å². The van der Waals surface area contributed by atoms with Gasteiger partial charge in [0.2, 0.25) is 0 Å². The summed E-state index contributed by atoms with van der Waals surface area (Å²) >= 11 is 3.28. The van der Waals surface area contributed by atoms with Gasteiger partial charge in [0.1, 0.15) is 0 Å². The number of carbonyl (C=O) groups is 1. The van der Waals surface area contributed by atoms with Crippen LogP contribution in [0.3, 0.4) is 0 Å². The molecule has 0 saturated heterocycles. The first-order valence-corrected chi connectivity index (χ1v) is 11.4. The highest BCUT2D eigenvalue weighted by Gasteiger charge is 2.30. The van der Waals surface area contributed by atoms with Crippen molar-refractivity contribution in [1.82, 2.24) is 19.7 Å². The minimum absolute atomic E-state index is 0.0689. The highest BCUT2D eigenvalue weighted by Crippen LogP contribution is 2.42. The molecule has 5 nitrogen and oxygen atoms in total. The van der Waals surface area contributed by atoms with Crippen molar-refractivity contribution in [3.63, 3.8) is 0 Å². The second-order valence-corrected chi connectivity index (χ2v) is 10.6. The quantitative estimate of drug-likeness (QED) is 0.471. The average Bonchev–Trinajstić information content (AvgIpc) is 3.38. The van der Waals surface area contributed by atoms with E-state index in [4.69, 9.17) is 0 Å². The molecule has 1 atom stereocenters. The fourth-order valence-electron chi connectivity index (χ4n) is 3.74. The van der Waals surface area contributed by atoms with E-state index in [2.05, 4.69) is 42.0 Å². The van der Waals surface area contributed by atoms with Crippen molar-refractivity contribution in [2.45, 2.75) is 45.2 Å². The summed E-state index contributed by atoms with van der Waals surface area (Å²) in [6.07, 6.45) is 5.34. The van der Waals surface area contributed by atoms with E-state index in [9.17, 15) is 4.79 Å². The van der Waals surface area contributed by atoms with E-state index in [1.807, 2.05) is 29.0 Å². The minimum Gasteiger partial charge on any atom is -0.359 e. The zero-order valence-electron chi connectivity index (χ0n) is 16.8. The lowest BCUT2D eigenvalue weighted by Gasteiger charge is -2.33. The number of aromatic nitrogens is 4. The van der Waals surface area contributed by atoms with Crippen LogP contribution in [-0.2, 0) is 19.9 Å². The number of thioether (sulfide) groups is 1. The second kappa shape index (κ2) is 7.52. The number of hydrogen-bond donors (Lipinski definition) is 1. The van der Waals surface area contributed by atoms with Gasteiger partial charge < -0.3 is 9.55 Å². The van der Waals surface area contributed by atoms with Crippen molar-refractivity contribution in [3.05, 3.63) is 40.5 Å². The SMILES string of the molecule is Cn1c(SCC(=O)c2ccc[nH]2)nnc1-c1cc2c(s1)CC[C@@H](C(C)(C)C)C2. The molecule has 0 amide bonds. The van der Waals surface area contributed by atoms with Crippen LogP contribution in [0.15, 0.2) is 29.6 Å². The zero-order chi connectivity index (χ0) is 19.9. The number of nitrogens with zero attached hydrogens (tertiary/aromatic N) is 3. The van der Waals surface area contributed by atoms with E-state index in [1.54, 1.807) is 12.3 Å². The van der Waals surface area contributed by atoms with E-state index >= 15 is 0 Å². The maximum atomic E-state index is 12.2. The van der Waals surface area contributed by atoms with Crippen molar-refractivity contribution in [2.75, 3.05) is 5.75 Å². The molecule has 1 aliphatic carbocycles. The van der Waals surface area contributed by atoms with Crippen molar-refractivity contribution in [3.8, 4) is 10.7 Å². The Bertz CT molecular complexity index is 979. The number of hydrogen-bond acceptors (Lipinski definition) is 5. The van der Waals surface area contributed by atoms with Gasteiger partial charge in [-0.1, -0.05) is 32.5 Å². The number of thiophene rings is 1. The van der Waals surface area contributed by atoms with Crippen molar-refractivity contribution in [2.24, 2.45) is 18.4 Å². The number of aromatic amines is 1. The molecule has 0 radical (unpaired) electrons. The van der Waals surface area contributed by atoms with Crippen LogP contribution in [-0.4, -0.2) is 31.3 Å². The number of H-pyrrole nitrogens is 1. The van der Waals surface area contributed by atoms with Gasteiger partial charge in [-0.25, -0.2) is 0 Å². The largest absolute Gasteiger partial charge is 0.359 e. The summed E-state index contributed by atoms with van der Waals surface area (Å²) in [6, 6.07) is 5.94. The third-order valence-electron chi connectivity index (χ3n) is 5.59. The Morgan fingerprint density at radius 2 is 2.21 bits per heavy atom. The molecule has 0 aromatic carbocycles. The summed E-state index contributed by atoms with van der Waals surface area (Å²) in [4.78, 5) is 17.8. The lowest BCUT2D eigenvalue weighted by molar-refractivity contribution is 0.101. The Kier molecular flexibility index (Phi) is 5.22. The number of Topliss-reactive ketones (excluding diaryl/α,β-unsaturated/α-hetero) is 1. The Morgan fingerprint density at radius 1 is 1.39 bits per heavy atom. The number of carbonyl (C=O) groups excluding carboxylic acids is 1. The van der Waals surface area contributed by atoms with Gasteiger partial charge in [0, 0.05) is 18.1 Å². The number of aryl methyl sites for hydroxylation is 1. The average molecular weight is 415 g/mol. The Hall–Kier alpha value is -1.86. The molecule has 0 saturated carbocycles. The van der Waals surface area contributed by atoms with Crippen LogP contribution in [0, 0.1) is 11.3 Å². The first-order chi connectivity index (χ1) is 13.3. The second-order valence-electron chi connectivity index (χ2n) is 8.53. The lowest BCUT2D eigenvalue weighted by atomic mass is 9.72. The molecule has 7 heteroatoms. The summed E-state index contributed by atoms with van der Waals surface area (Å²) < 4.78 is 2.01. The number of rotatable bonds is 5. The third kappa shape index (κ3) is 3.82. The van der Waals surface area contributed by atoms with Crippen LogP contribution in [0.4, 0.5) is 0 Å². The van der Waals surface area contributed by atoms with Gasteiger partial charge in [-0.2, -0.15) is 0 Å². The standard InChI is InChI=1S/C21H26N4OS2/c1-21(2,3)14-7-8-17-13(10-14)11-18(28-17)19-23-24-20(25(19)4)27-12-16(26)15-6-5-9-22-15/h5-6,9,11,14,22H,7-8,10,12H2,1-4H3/t14-/m1/s1. The summed E-state index contributed by atoms with van der Waals surface area (Å²) in [5.74, 6) is 2.04. The molecule has 1 N–H and O–H groups in total. The van der Waals surface area contributed by atoms with Gasteiger partial charge in [-0.15, -0.1) is 21.5 Å². The van der Waals surface area contributed by atoms with Gasteiger partial charge in [0.05, 0.1) is 16.3 Å². The van der Waals surface area contributed by atoms with E-state index < -0.39 is 0 Å². The van der Waals surface area contributed by atoms with Crippen molar-refractivity contribution >= 4 is 28.9 Å². The Balaban J connectivity index is 1.49. The van der Waals surface area contributed by atoms with Crippen LogP contribution >= 0.6 is 23.1 Å². The van der Waals surface area contributed by atoms with Gasteiger partial charge in [-0.05, 0) is 54.4 Å². The Labute approximate surface area is 174 Å². The zero-order valence-corrected chi connectivity index (χ0v) is 18.4. The third-order valence-corrected chi connectivity index (χ3v) is 7.85. The molecular formula is C21H26N4OS2. The topological polar surface area (TPSA) is 63.6 Å². The van der Waals surface area contributed by atoms with E-state index in [0.29, 0.717) is 16.9 Å². The lowest BCUT2D eigenvalue weighted by Crippen LogP contribution is -2.26. The van der Waals surface area contributed by atoms with E-state index in [0.717, 1.165) is 29.7 Å². The fraction of sp³-hybridized carbons (Fsp3) is 0.476. The first-order valence-electron chi connectivity index (χ1n) is 9.63. The van der Waals surface area contributed by atoms with Crippen LogP contribution in [0.2, 0.25) is 0 Å². The van der Waals surface area contributed by atoms with Gasteiger partial charge in [0.25, 0.3) is 0 Å². The molecule has 0 bridgehead atoms. The monoisotopic (exact) mass is 414 g/mol. The normalized spacial score (nSPS) is 16.9. The molecule has 0 aliphatic heterocycles. The molecule has 1 aliphatic rings. The maximum Gasteiger partial charge on any atom is 0.191 e. The minimum atomic E-state index is 0.0689. The van der Waals surface area contributed by atoms with Crippen LogP contribution < -0.4 is 0 Å². The van der Waals surface area contributed by atoms with E-state index in [-0.39, 0.29) is 5.78 Å². The smallest absolute Gasteiger partial charge is 0.191 e. The maximum absolute atomic E-state index is 12.2. The molecule has 0 unspecified atom stereocenters. The summed E-state index contributed by atoms with van der Waals surface area (Å²) in [6.45, 7) is 7.03. The summed E-state index contributed by atoms with van der Waals surface area (Å²) in [5, 5.41) is 9.52. The highest BCUT2D eigenvalue weighted by atomic mass is 32.2. The number of nitrogens with one attached hydrogen (secondary N) is 1. The number of ketones is 1. The predicted molar refractivity (Wildman–Crippen MR) is 115 cm³/mol. The molecule has 0 fully saturated rings. The molecule has 3 aromatic rings.